The van der Waals surface area contributed by atoms with Crippen LogP contribution in [0.1, 0.15) is 10.5 Å². The van der Waals surface area contributed by atoms with Gasteiger partial charge in [-0.15, -0.1) is 11.3 Å². The van der Waals surface area contributed by atoms with Gasteiger partial charge in [0.05, 0.1) is 5.69 Å². The normalized spacial score (nSPS) is 10.7. The number of carboxylic acids is 1. The van der Waals surface area contributed by atoms with E-state index >= 15 is 0 Å². The zero-order valence-electron chi connectivity index (χ0n) is 10.0. The molecule has 0 radical (unpaired) electrons. The van der Waals surface area contributed by atoms with E-state index in [-0.39, 0.29) is 5.69 Å². The number of aromatic nitrogens is 3. The zero-order valence-corrected chi connectivity index (χ0v) is 12.4. The summed E-state index contributed by atoms with van der Waals surface area (Å²) < 4.78 is 0.890. The molecule has 0 saturated heterocycles. The van der Waals surface area contributed by atoms with Gasteiger partial charge in [-0.25, -0.2) is 9.78 Å². The smallest absolute Gasteiger partial charge is 0.352 e. The molecule has 0 amide bonds. The molecule has 3 aromatic heterocycles. The molecule has 0 aromatic carbocycles. The third-order valence-electron chi connectivity index (χ3n) is 2.67. The maximum atomic E-state index is 10.8. The number of aromatic amines is 1. The van der Waals surface area contributed by atoms with Crippen LogP contribution in [0.3, 0.4) is 0 Å². The molecule has 3 aromatic rings. The summed E-state index contributed by atoms with van der Waals surface area (Å²) in [5.74, 6) is -0.983. The summed E-state index contributed by atoms with van der Waals surface area (Å²) >= 11 is 4.87. The molecule has 3 rings (SSSR count). The molecule has 0 aliphatic carbocycles. The van der Waals surface area contributed by atoms with Gasteiger partial charge in [0.2, 0.25) is 0 Å². The zero-order chi connectivity index (χ0) is 14.1. The van der Waals surface area contributed by atoms with Gasteiger partial charge in [-0.1, -0.05) is 0 Å². The molecule has 7 heteroatoms. The Bertz CT molecular complexity index is 781. The Kier molecular flexibility index (Phi) is 3.37. The third kappa shape index (κ3) is 2.50. The molecule has 5 nitrogen and oxygen atoms in total. The maximum Gasteiger partial charge on any atom is 0.352 e. The summed E-state index contributed by atoms with van der Waals surface area (Å²) in [7, 11) is 0. The molecule has 0 aliphatic rings. The molecule has 2 N–H and O–H groups in total. The van der Waals surface area contributed by atoms with Crippen molar-refractivity contribution in [3.8, 4) is 21.8 Å². The van der Waals surface area contributed by atoms with E-state index in [9.17, 15) is 4.79 Å². The lowest BCUT2D eigenvalue weighted by Crippen LogP contribution is -1.94. The first-order valence-electron chi connectivity index (χ1n) is 5.62. The minimum atomic E-state index is -0.983. The second kappa shape index (κ2) is 5.18. The highest BCUT2D eigenvalue weighted by molar-refractivity contribution is 9.10. The Morgan fingerprint density at radius 3 is 2.85 bits per heavy atom. The lowest BCUT2D eigenvalue weighted by molar-refractivity contribution is 0.0691. The van der Waals surface area contributed by atoms with Gasteiger partial charge in [-0.2, -0.15) is 0 Å². The van der Waals surface area contributed by atoms with E-state index in [1.807, 2.05) is 11.4 Å². The summed E-state index contributed by atoms with van der Waals surface area (Å²) in [4.78, 5) is 22.2. The van der Waals surface area contributed by atoms with E-state index in [1.54, 1.807) is 24.7 Å². The Morgan fingerprint density at radius 2 is 2.15 bits per heavy atom. The summed E-state index contributed by atoms with van der Waals surface area (Å²) in [6, 6.07) is 3.51. The van der Waals surface area contributed by atoms with Crippen LogP contribution < -0.4 is 0 Å². The van der Waals surface area contributed by atoms with Crippen molar-refractivity contribution in [3.63, 3.8) is 0 Å². The number of aromatic carboxylic acids is 1. The SMILES string of the molecule is O=C(O)c1cc(-c2csc(-c3cncc(Br)c3)n2)c[nH]1. The molecular weight excluding hydrogens is 342 g/mol. The number of hydrogen-bond acceptors (Lipinski definition) is 4. The van der Waals surface area contributed by atoms with E-state index in [0.717, 1.165) is 26.3 Å². The molecule has 0 spiro atoms. The number of nitrogens with zero attached hydrogens (tertiary/aromatic N) is 2. The molecule has 100 valence electrons. The number of nitrogens with one attached hydrogen (secondary N) is 1. The van der Waals surface area contributed by atoms with Crippen molar-refractivity contribution >= 4 is 33.2 Å². The van der Waals surface area contributed by atoms with Gasteiger partial charge in [-0.05, 0) is 28.1 Å². The van der Waals surface area contributed by atoms with Gasteiger partial charge in [0.1, 0.15) is 10.7 Å². The van der Waals surface area contributed by atoms with Crippen LogP contribution in [0.15, 0.2) is 40.6 Å². The molecule has 0 fully saturated rings. The lowest BCUT2D eigenvalue weighted by atomic mass is 10.2. The fourth-order valence-electron chi connectivity index (χ4n) is 1.73. The molecule has 0 bridgehead atoms. The molecule has 0 aliphatic heterocycles. The highest BCUT2D eigenvalue weighted by atomic mass is 79.9. The standard InChI is InChI=1S/C13H8BrN3O2S/c14-9-1-8(3-15-5-9)12-17-11(6-20-12)7-2-10(13(18)19)16-4-7/h1-6,16H,(H,18,19). The first-order chi connectivity index (χ1) is 9.63. The van der Waals surface area contributed by atoms with Crippen LogP contribution in [0, 0.1) is 0 Å². The van der Waals surface area contributed by atoms with Crippen LogP contribution in [0.5, 0.6) is 0 Å². The fourth-order valence-corrected chi connectivity index (χ4v) is 2.91. The number of carboxylic acid groups (broad SMARTS) is 1. The van der Waals surface area contributed by atoms with E-state index < -0.39 is 5.97 Å². The number of hydrogen-bond donors (Lipinski definition) is 2. The average Bonchev–Trinajstić information content (AvgIpc) is 3.08. The number of carbonyl (C=O) groups is 1. The summed E-state index contributed by atoms with van der Waals surface area (Å²) in [6.45, 7) is 0. The van der Waals surface area contributed by atoms with Crippen LogP contribution in [0.4, 0.5) is 0 Å². The molecule has 0 atom stereocenters. The largest absolute Gasteiger partial charge is 0.477 e. The van der Waals surface area contributed by atoms with Crippen molar-refractivity contribution in [2.45, 2.75) is 0 Å². The van der Waals surface area contributed by atoms with E-state index in [1.165, 1.54) is 11.3 Å². The molecule has 0 saturated carbocycles. The van der Waals surface area contributed by atoms with Gasteiger partial charge in [0, 0.05) is 39.6 Å². The van der Waals surface area contributed by atoms with Crippen molar-refractivity contribution in [1.82, 2.24) is 15.0 Å². The number of H-pyrrole nitrogens is 1. The molecule has 3 heterocycles. The van der Waals surface area contributed by atoms with Gasteiger partial charge < -0.3 is 10.1 Å². The number of rotatable bonds is 3. The highest BCUT2D eigenvalue weighted by Gasteiger charge is 2.11. The number of thiazole rings is 1. The first kappa shape index (κ1) is 13.0. The van der Waals surface area contributed by atoms with Crippen LogP contribution in [0.2, 0.25) is 0 Å². The molecule has 20 heavy (non-hydrogen) atoms. The van der Waals surface area contributed by atoms with Crippen molar-refractivity contribution in [1.29, 1.82) is 0 Å². The molecular formula is C13H8BrN3O2S. The van der Waals surface area contributed by atoms with Crippen molar-refractivity contribution in [2.24, 2.45) is 0 Å². The Hall–Kier alpha value is -1.99. The highest BCUT2D eigenvalue weighted by Crippen LogP contribution is 2.29. The number of pyridine rings is 1. The quantitative estimate of drug-likeness (QED) is 0.756. The van der Waals surface area contributed by atoms with Gasteiger partial charge in [-0.3, -0.25) is 4.98 Å². The van der Waals surface area contributed by atoms with Crippen molar-refractivity contribution in [2.75, 3.05) is 0 Å². The third-order valence-corrected chi connectivity index (χ3v) is 3.99. The second-order valence-corrected chi connectivity index (χ2v) is 5.81. The average molecular weight is 350 g/mol. The van der Waals surface area contributed by atoms with Gasteiger partial charge in [0.25, 0.3) is 0 Å². The minimum Gasteiger partial charge on any atom is -0.477 e. The Labute approximate surface area is 126 Å². The Morgan fingerprint density at radius 1 is 1.30 bits per heavy atom. The minimum absolute atomic E-state index is 0.152. The van der Waals surface area contributed by atoms with E-state index in [0.29, 0.717) is 0 Å². The number of halogens is 1. The predicted octanol–water partition coefficient (Wildman–Crippen LogP) is 3.66. The predicted molar refractivity (Wildman–Crippen MR) is 79.8 cm³/mol. The first-order valence-corrected chi connectivity index (χ1v) is 7.29. The summed E-state index contributed by atoms with van der Waals surface area (Å²) in [5.41, 5.74) is 2.57. The summed E-state index contributed by atoms with van der Waals surface area (Å²) in [6.07, 6.45) is 5.10. The monoisotopic (exact) mass is 349 g/mol. The Balaban J connectivity index is 1.95. The second-order valence-electron chi connectivity index (χ2n) is 4.04. The van der Waals surface area contributed by atoms with Crippen LogP contribution >= 0.6 is 27.3 Å². The van der Waals surface area contributed by atoms with Gasteiger partial charge >= 0.3 is 5.97 Å². The maximum absolute atomic E-state index is 10.8. The van der Waals surface area contributed by atoms with Crippen molar-refractivity contribution < 1.29 is 9.90 Å². The van der Waals surface area contributed by atoms with E-state index in [4.69, 9.17) is 5.11 Å². The van der Waals surface area contributed by atoms with Crippen molar-refractivity contribution in [3.05, 3.63) is 46.3 Å². The fraction of sp³-hybridized carbons (Fsp3) is 0. The van der Waals surface area contributed by atoms with Crippen LogP contribution in [0.25, 0.3) is 21.8 Å². The summed E-state index contributed by atoms with van der Waals surface area (Å²) in [5, 5.41) is 11.6. The topological polar surface area (TPSA) is 78.9 Å². The van der Waals surface area contributed by atoms with Crippen LogP contribution in [-0.2, 0) is 0 Å². The van der Waals surface area contributed by atoms with Crippen LogP contribution in [-0.4, -0.2) is 26.0 Å². The van der Waals surface area contributed by atoms with Gasteiger partial charge in [0.15, 0.2) is 0 Å². The molecule has 0 unspecified atom stereocenters. The van der Waals surface area contributed by atoms with E-state index in [2.05, 4.69) is 30.9 Å². The lowest BCUT2D eigenvalue weighted by Gasteiger charge is -1.95.